The fourth-order valence-corrected chi connectivity index (χ4v) is 1.75. The average molecular weight is 281 g/mol. The average Bonchev–Trinajstić information content (AvgIpc) is 2.44. The molecule has 0 bridgehead atoms. The Bertz CT molecular complexity index is 613. The largest absolute Gasteiger partial charge is 0.493 e. The van der Waals surface area contributed by atoms with Gasteiger partial charge in [-0.1, -0.05) is 23.7 Å². The molecule has 0 atom stereocenters. The molecule has 0 amide bonds. The highest BCUT2D eigenvalue weighted by Gasteiger charge is 2.04. The Hall–Kier alpha value is -2.01. The van der Waals surface area contributed by atoms with Gasteiger partial charge < -0.3 is 14.0 Å². The van der Waals surface area contributed by atoms with Crippen molar-refractivity contribution < 1.29 is 9.47 Å². The third kappa shape index (κ3) is 3.26. The van der Waals surface area contributed by atoms with Gasteiger partial charge in [0.25, 0.3) is 5.56 Å². The van der Waals surface area contributed by atoms with E-state index in [1.165, 1.54) is 10.8 Å². The second-order valence-corrected chi connectivity index (χ2v) is 4.07. The molecule has 0 aliphatic rings. The van der Waals surface area contributed by atoms with E-state index in [0.717, 1.165) is 0 Å². The zero-order valence-electron chi connectivity index (χ0n) is 10.4. The van der Waals surface area contributed by atoms with E-state index in [4.69, 9.17) is 21.1 Å². The van der Waals surface area contributed by atoms with Crippen molar-refractivity contribution in [1.82, 2.24) is 9.55 Å². The van der Waals surface area contributed by atoms with Crippen molar-refractivity contribution in [3.8, 4) is 11.5 Å². The number of para-hydroxylation sites is 2. The van der Waals surface area contributed by atoms with Crippen LogP contribution < -0.4 is 15.0 Å². The molecule has 0 saturated carbocycles. The lowest BCUT2D eigenvalue weighted by Crippen LogP contribution is -2.23. The summed E-state index contributed by atoms with van der Waals surface area (Å²) in [4.78, 5) is 15.3. The fourth-order valence-electron chi connectivity index (χ4n) is 1.59. The lowest BCUT2D eigenvalue weighted by atomic mass is 10.3. The minimum Gasteiger partial charge on any atom is -0.493 e. The minimum absolute atomic E-state index is 0.0419. The van der Waals surface area contributed by atoms with Gasteiger partial charge in [-0.15, -0.1) is 0 Å². The Labute approximate surface area is 115 Å². The number of hydrogen-bond acceptors (Lipinski definition) is 4. The van der Waals surface area contributed by atoms with E-state index in [1.54, 1.807) is 19.4 Å². The molecule has 2 aromatic rings. The first-order chi connectivity index (χ1) is 9.22. The Kier molecular flexibility index (Phi) is 4.41. The topological polar surface area (TPSA) is 53.4 Å². The molecule has 1 aromatic heterocycles. The summed E-state index contributed by atoms with van der Waals surface area (Å²) in [5.74, 6) is 1.29. The minimum atomic E-state index is -0.326. The summed E-state index contributed by atoms with van der Waals surface area (Å²) < 4.78 is 12.2. The highest BCUT2D eigenvalue weighted by Crippen LogP contribution is 2.25. The Morgan fingerprint density at radius 1 is 1.32 bits per heavy atom. The first-order valence-electron chi connectivity index (χ1n) is 5.69. The maximum absolute atomic E-state index is 11.6. The molecule has 0 radical (unpaired) electrons. The Morgan fingerprint density at radius 3 is 2.79 bits per heavy atom. The van der Waals surface area contributed by atoms with E-state index in [1.807, 2.05) is 18.2 Å². The molecular formula is C13H13ClN2O3. The summed E-state index contributed by atoms with van der Waals surface area (Å²) in [6.45, 7) is 0.722. The van der Waals surface area contributed by atoms with Crippen LogP contribution in [-0.2, 0) is 6.54 Å². The standard InChI is InChI=1S/C13H13ClN2O3/c1-18-10-4-2-3-5-11(10)19-9-8-16-7-6-15-12(14)13(16)17/h2-7H,8-9H2,1H3. The van der Waals surface area contributed by atoms with Crippen molar-refractivity contribution in [1.29, 1.82) is 0 Å². The van der Waals surface area contributed by atoms with Crippen LogP contribution in [0.4, 0.5) is 0 Å². The molecular weight excluding hydrogens is 268 g/mol. The molecule has 0 spiro atoms. The monoisotopic (exact) mass is 280 g/mol. The smallest absolute Gasteiger partial charge is 0.288 e. The summed E-state index contributed by atoms with van der Waals surface area (Å²) in [5.41, 5.74) is -0.326. The maximum atomic E-state index is 11.6. The van der Waals surface area contributed by atoms with Crippen molar-refractivity contribution in [2.24, 2.45) is 0 Å². The van der Waals surface area contributed by atoms with Gasteiger partial charge in [0.15, 0.2) is 16.7 Å². The predicted molar refractivity (Wildman–Crippen MR) is 72.0 cm³/mol. The molecule has 2 rings (SSSR count). The Balaban J connectivity index is 2.00. The molecule has 0 aliphatic heterocycles. The van der Waals surface area contributed by atoms with Crippen LogP contribution in [0, 0.1) is 0 Å². The zero-order chi connectivity index (χ0) is 13.7. The highest BCUT2D eigenvalue weighted by molar-refractivity contribution is 6.29. The van der Waals surface area contributed by atoms with Gasteiger partial charge >= 0.3 is 0 Å². The van der Waals surface area contributed by atoms with Gasteiger partial charge in [0, 0.05) is 12.4 Å². The van der Waals surface area contributed by atoms with Crippen LogP contribution in [0.3, 0.4) is 0 Å². The third-order valence-electron chi connectivity index (χ3n) is 2.53. The van der Waals surface area contributed by atoms with Crippen LogP contribution in [0.5, 0.6) is 11.5 Å². The van der Waals surface area contributed by atoms with Crippen molar-refractivity contribution in [2.75, 3.05) is 13.7 Å². The molecule has 0 saturated heterocycles. The third-order valence-corrected chi connectivity index (χ3v) is 2.79. The summed E-state index contributed by atoms with van der Waals surface area (Å²) in [5, 5.41) is -0.0419. The highest BCUT2D eigenvalue weighted by atomic mass is 35.5. The number of benzene rings is 1. The van der Waals surface area contributed by atoms with E-state index in [2.05, 4.69) is 4.98 Å². The van der Waals surface area contributed by atoms with Crippen LogP contribution >= 0.6 is 11.6 Å². The summed E-state index contributed by atoms with van der Waals surface area (Å²) >= 11 is 5.65. The van der Waals surface area contributed by atoms with Gasteiger partial charge in [-0.25, -0.2) is 4.98 Å². The zero-order valence-corrected chi connectivity index (χ0v) is 11.1. The molecule has 6 heteroatoms. The summed E-state index contributed by atoms with van der Waals surface area (Å²) in [7, 11) is 1.58. The molecule has 0 aliphatic carbocycles. The van der Waals surface area contributed by atoms with Crippen LogP contribution in [0.15, 0.2) is 41.5 Å². The van der Waals surface area contributed by atoms with Crippen molar-refractivity contribution in [3.05, 3.63) is 52.2 Å². The lowest BCUT2D eigenvalue weighted by Gasteiger charge is -2.11. The van der Waals surface area contributed by atoms with Gasteiger partial charge in [-0.3, -0.25) is 4.79 Å². The van der Waals surface area contributed by atoms with Crippen LogP contribution in [0.2, 0.25) is 5.15 Å². The maximum Gasteiger partial charge on any atom is 0.288 e. The van der Waals surface area contributed by atoms with Crippen molar-refractivity contribution in [2.45, 2.75) is 6.54 Å². The van der Waals surface area contributed by atoms with Gasteiger partial charge in [0.1, 0.15) is 6.61 Å². The number of halogens is 1. The fraction of sp³-hybridized carbons (Fsp3) is 0.231. The van der Waals surface area contributed by atoms with E-state index in [-0.39, 0.29) is 10.7 Å². The number of aromatic nitrogens is 2. The first kappa shape index (κ1) is 13.4. The molecule has 5 nitrogen and oxygen atoms in total. The predicted octanol–water partition coefficient (Wildman–Crippen LogP) is 1.98. The molecule has 0 N–H and O–H groups in total. The van der Waals surface area contributed by atoms with Gasteiger partial charge in [0.05, 0.1) is 13.7 Å². The molecule has 1 aromatic carbocycles. The van der Waals surface area contributed by atoms with E-state index >= 15 is 0 Å². The van der Waals surface area contributed by atoms with E-state index in [9.17, 15) is 4.79 Å². The van der Waals surface area contributed by atoms with Gasteiger partial charge in [-0.05, 0) is 12.1 Å². The number of hydrogen-bond donors (Lipinski definition) is 0. The van der Waals surface area contributed by atoms with E-state index < -0.39 is 0 Å². The second kappa shape index (κ2) is 6.24. The number of ether oxygens (including phenoxy) is 2. The molecule has 19 heavy (non-hydrogen) atoms. The first-order valence-corrected chi connectivity index (χ1v) is 6.07. The summed E-state index contributed by atoms with van der Waals surface area (Å²) in [6.07, 6.45) is 3.05. The van der Waals surface area contributed by atoms with Crippen LogP contribution in [0.1, 0.15) is 0 Å². The number of methoxy groups -OCH3 is 1. The molecule has 100 valence electrons. The molecule has 0 fully saturated rings. The van der Waals surface area contributed by atoms with Crippen molar-refractivity contribution in [3.63, 3.8) is 0 Å². The van der Waals surface area contributed by atoms with Crippen molar-refractivity contribution >= 4 is 11.6 Å². The van der Waals surface area contributed by atoms with Crippen LogP contribution in [-0.4, -0.2) is 23.3 Å². The van der Waals surface area contributed by atoms with E-state index in [0.29, 0.717) is 24.7 Å². The van der Waals surface area contributed by atoms with Gasteiger partial charge in [0.2, 0.25) is 0 Å². The van der Waals surface area contributed by atoms with Crippen LogP contribution in [0.25, 0.3) is 0 Å². The number of nitrogens with zero attached hydrogens (tertiary/aromatic N) is 2. The summed E-state index contributed by atoms with van der Waals surface area (Å²) in [6, 6.07) is 7.33. The molecule has 0 unspecified atom stereocenters. The normalized spacial score (nSPS) is 10.2. The quantitative estimate of drug-likeness (QED) is 0.840. The van der Waals surface area contributed by atoms with Gasteiger partial charge in [-0.2, -0.15) is 0 Å². The Morgan fingerprint density at radius 2 is 2.05 bits per heavy atom. The lowest BCUT2D eigenvalue weighted by molar-refractivity contribution is 0.278. The SMILES string of the molecule is COc1ccccc1OCCn1ccnc(Cl)c1=O. The number of rotatable bonds is 5. The second-order valence-electron chi connectivity index (χ2n) is 3.72. The molecule has 1 heterocycles.